The van der Waals surface area contributed by atoms with Gasteiger partial charge in [-0.15, -0.1) is 0 Å². The van der Waals surface area contributed by atoms with Gasteiger partial charge in [-0.3, -0.25) is 14.4 Å². The predicted octanol–water partition coefficient (Wildman–Crippen LogP) is 4.50. The van der Waals surface area contributed by atoms with Crippen LogP contribution in [0.15, 0.2) is 60.8 Å². The average molecular weight is 460 g/mol. The lowest BCUT2D eigenvalue weighted by Gasteiger charge is -2.21. The molecule has 34 heavy (non-hydrogen) atoms. The summed E-state index contributed by atoms with van der Waals surface area (Å²) in [5.41, 5.74) is 4.66. The monoisotopic (exact) mass is 459 g/mol. The fourth-order valence-electron chi connectivity index (χ4n) is 3.72. The number of aryl methyl sites for hydroxylation is 2. The summed E-state index contributed by atoms with van der Waals surface area (Å²) >= 11 is 0. The van der Waals surface area contributed by atoms with E-state index < -0.39 is 17.8 Å². The molecule has 1 aromatic heterocycles. The van der Waals surface area contributed by atoms with Crippen LogP contribution in [-0.4, -0.2) is 38.8 Å². The van der Waals surface area contributed by atoms with Crippen molar-refractivity contribution in [3.05, 3.63) is 83.4 Å². The van der Waals surface area contributed by atoms with Crippen LogP contribution in [0.3, 0.4) is 0 Å². The summed E-state index contributed by atoms with van der Waals surface area (Å²) in [5, 5.41) is 12.2. The van der Waals surface area contributed by atoms with Crippen LogP contribution in [0.1, 0.15) is 58.9 Å². The van der Waals surface area contributed by atoms with Crippen molar-refractivity contribution in [2.45, 2.75) is 46.1 Å². The number of rotatable bonds is 10. The summed E-state index contributed by atoms with van der Waals surface area (Å²) in [6, 6.07) is 17.6. The van der Waals surface area contributed by atoms with E-state index in [0.717, 1.165) is 16.7 Å². The second-order valence-corrected chi connectivity index (χ2v) is 8.57. The predicted molar refractivity (Wildman–Crippen MR) is 130 cm³/mol. The van der Waals surface area contributed by atoms with Gasteiger partial charge in [-0.1, -0.05) is 61.0 Å². The van der Waals surface area contributed by atoms with Gasteiger partial charge in [0, 0.05) is 19.2 Å². The van der Waals surface area contributed by atoms with Crippen LogP contribution in [-0.2, 0) is 11.2 Å². The summed E-state index contributed by atoms with van der Waals surface area (Å²) in [5.74, 6) is -2.35. The Morgan fingerprint density at radius 3 is 2.41 bits per heavy atom. The van der Waals surface area contributed by atoms with Crippen LogP contribution in [0.5, 0.6) is 0 Å². The zero-order valence-electron chi connectivity index (χ0n) is 19.6. The van der Waals surface area contributed by atoms with Crippen molar-refractivity contribution in [3.63, 3.8) is 0 Å². The number of Topliss-reactive ketones (excluding diaryl/α,β-unsaturated/α-hetero) is 1. The quantitative estimate of drug-likeness (QED) is 0.432. The van der Waals surface area contributed by atoms with Crippen LogP contribution in [0.25, 0.3) is 11.1 Å². The lowest BCUT2D eigenvalue weighted by molar-refractivity contribution is -0.141. The number of hydrogen-bond donors (Lipinski definition) is 2. The molecule has 176 valence electrons. The minimum atomic E-state index is -0.914. The molecule has 0 spiro atoms. The molecule has 0 saturated heterocycles. The third-order valence-electron chi connectivity index (χ3n) is 5.68. The molecular weight excluding hydrogens is 430 g/mol. The number of hydrogen-bond acceptors (Lipinski definition) is 5. The molecule has 7 heteroatoms. The molecule has 0 radical (unpaired) electrons. The van der Waals surface area contributed by atoms with Gasteiger partial charge in [-0.25, -0.2) is 9.97 Å². The van der Waals surface area contributed by atoms with Gasteiger partial charge in [0.25, 0.3) is 5.91 Å². The number of amides is 1. The summed E-state index contributed by atoms with van der Waals surface area (Å²) < 4.78 is 0. The van der Waals surface area contributed by atoms with Crippen molar-refractivity contribution in [1.82, 2.24) is 15.3 Å². The second-order valence-electron chi connectivity index (χ2n) is 8.57. The Kier molecular flexibility index (Phi) is 8.24. The maximum atomic E-state index is 12.8. The summed E-state index contributed by atoms with van der Waals surface area (Å²) in [6.45, 7) is 5.02. The van der Waals surface area contributed by atoms with Crippen molar-refractivity contribution >= 4 is 17.7 Å². The normalized spacial score (nSPS) is 12.6. The van der Waals surface area contributed by atoms with E-state index in [9.17, 15) is 19.5 Å². The van der Waals surface area contributed by atoms with E-state index in [0.29, 0.717) is 12.8 Å². The standard InChI is InChI=1S/C27H29N3O4/c1-17-5-4-6-22(15-17)21-10-7-20(8-11-21)9-12-23(16-18(2)27(33)34)29-26(32)24-13-14-28-25(30-24)19(3)31/h4-8,10-11,13-15,18,23H,9,12,16H2,1-3H3,(H,29,32)(H,33,34)/t18-,23+/m0/s1. The fourth-order valence-corrected chi connectivity index (χ4v) is 3.72. The van der Waals surface area contributed by atoms with Crippen molar-refractivity contribution in [3.8, 4) is 11.1 Å². The number of ketones is 1. The third-order valence-corrected chi connectivity index (χ3v) is 5.68. The molecule has 0 bridgehead atoms. The number of aromatic nitrogens is 2. The Bertz CT molecular complexity index is 1170. The highest BCUT2D eigenvalue weighted by molar-refractivity contribution is 5.95. The van der Waals surface area contributed by atoms with E-state index in [1.165, 1.54) is 24.8 Å². The Balaban J connectivity index is 1.69. The lowest BCUT2D eigenvalue weighted by Crippen LogP contribution is -2.38. The highest BCUT2D eigenvalue weighted by Crippen LogP contribution is 2.22. The summed E-state index contributed by atoms with van der Waals surface area (Å²) in [7, 11) is 0. The lowest BCUT2D eigenvalue weighted by atomic mass is 9.95. The molecule has 3 rings (SSSR count). The van der Waals surface area contributed by atoms with Crippen molar-refractivity contribution in [2.24, 2.45) is 5.92 Å². The van der Waals surface area contributed by atoms with E-state index in [-0.39, 0.29) is 29.8 Å². The largest absolute Gasteiger partial charge is 0.481 e. The molecular formula is C27H29N3O4. The topological polar surface area (TPSA) is 109 Å². The van der Waals surface area contributed by atoms with Gasteiger partial charge in [0.05, 0.1) is 5.92 Å². The van der Waals surface area contributed by atoms with Gasteiger partial charge in [-0.2, -0.15) is 0 Å². The van der Waals surface area contributed by atoms with E-state index in [2.05, 4.69) is 64.7 Å². The first-order chi connectivity index (χ1) is 16.2. The van der Waals surface area contributed by atoms with Crippen LogP contribution in [0, 0.1) is 12.8 Å². The SMILES string of the molecule is CC(=O)c1nccc(C(=O)N[C@H](CCc2ccc(-c3cccc(C)c3)cc2)C[C@H](C)C(=O)O)n1. The molecule has 1 heterocycles. The maximum Gasteiger partial charge on any atom is 0.306 e. The van der Waals surface area contributed by atoms with Crippen molar-refractivity contribution in [2.75, 3.05) is 0 Å². The highest BCUT2D eigenvalue weighted by atomic mass is 16.4. The molecule has 2 atom stereocenters. The first-order valence-electron chi connectivity index (χ1n) is 11.3. The van der Waals surface area contributed by atoms with Gasteiger partial charge in [-0.05, 0) is 48.9 Å². The maximum absolute atomic E-state index is 12.8. The molecule has 0 aliphatic carbocycles. The molecule has 2 aromatic carbocycles. The van der Waals surface area contributed by atoms with E-state index in [1.807, 2.05) is 6.07 Å². The van der Waals surface area contributed by atoms with Crippen LogP contribution >= 0.6 is 0 Å². The highest BCUT2D eigenvalue weighted by Gasteiger charge is 2.21. The van der Waals surface area contributed by atoms with E-state index in [4.69, 9.17) is 0 Å². The van der Waals surface area contributed by atoms with Crippen molar-refractivity contribution < 1.29 is 19.5 Å². The Morgan fingerprint density at radius 1 is 1.03 bits per heavy atom. The fraction of sp³-hybridized carbons (Fsp3) is 0.296. The Morgan fingerprint density at radius 2 is 1.76 bits per heavy atom. The van der Waals surface area contributed by atoms with Crippen molar-refractivity contribution in [1.29, 1.82) is 0 Å². The number of aliphatic carboxylic acids is 1. The second kappa shape index (κ2) is 11.3. The molecule has 3 aromatic rings. The van der Waals surface area contributed by atoms with Crippen LogP contribution in [0.2, 0.25) is 0 Å². The van der Waals surface area contributed by atoms with E-state index in [1.54, 1.807) is 6.92 Å². The van der Waals surface area contributed by atoms with Gasteiger partial charge >= 0.3 is 5.97 Å². The molecule has 0 saturated carbocycles. The summed E-state index contributed by atoms with van der Waals surface area (Å²) in [6.07, 6.45) is 2.89. The number of nitrogens with one attached hydrogen (secondary N) is 1. The van der Waals surface area contributed by atoms with Gasteiger partial charge < -0.3 is 10.4 Å². The molecule has 7 nitrogen and oxygen atoms in total. The smallest absolute Gasteiger partial charge is 0.306 e. The van der Waals surface area contributed by atoms with Gasteiger partial charge in [0.15, 0.2) is 11.6 Å². The minimum Gasteiger partial charge on any atom is -0.481 e. The molecule has 0 aliphatic heterocycles. The Labute approximate surface area is 199 Å². The van der Waals surface area contributed by atoms with Gasteiger partial charge in [0.2, 0.25) is 0 Å². The number of carboxylic acid groups (broad SMARTS) is 1. The minimum absolute atomic E-state index is 0.0307. The zero-order chi connectivity index (χ0) is 24.7. The van der Waals surface area contributed by atoms with Gasteiger partial charge in [0.1, 0.15) is 5.69 Å². The molecule has 1 amide bonds. The van der Waals surface area contributed by atoms with Crippen LogP contribution in [0.4, 0.5) is 0 Å². The number of nitrogens with zero attached hydrogens (tertiary/aromatic N) is 2. The number of carbonyl (C=O) groups excluding carboxylic acids is 2. The van der Waals surface area contributed by atoms with Crippen LogP contribution < -0.4 is 5.32 Å². The molecule has 0 unspecified atom stereocenters. The molecule has 0 aliphatic rings. The van der Waals surface area contributed by atoms with E-state index >= 15 is 0 Å². The third kappa shape index (κ3) is 6.81. The number of carboxylic acids is 1. The number of carbonyl (C=O) groups is 3. The summed E-state index contributed by atoms with van der Waals surface area (Å²) in [4.78, 5) is 43.6. The molecule has 0 fully saturated rings. The zero-order valence-corrected chi connectivity index (χ0v) is 19.6. The molecule has 2 N–H and O–H groups in total. The average Bonchev–Trinajstić information content (AvgIpc) is 2.82. The first-order valence-corrected chi connectivity index (χ1v) is 11.3. The Hall–Kier alpha value is -3.87. The first kappa shape index (κ1) is 24.8. The number of benzene rings is 2.